The highest BCUT2D eigenvalue weighted by Gasteiger charge is 2.31. The molecule has 4 rings (SSSR count). The Morgan fingerprint density at radius 1 is 1.13 bits per heavy atom. The zero-order valence-corrected chi connectivity index (χ0v) is 13.1. The summed E-state index contributed by atoms with van der Waals surface area (Å²) in [5.41, 5.74) is 9.00. The number of halogens is 1. The van der Waals surface area contributed by atoms with E-state index in [1.807, 2.05) is 12.3 Å². The summed E-state index contributed by atoms with van der Waals surface area (Å²) in [6.07, 6.45) is 6.29. The van der Waals surface area contributed by atoms with Crippen molar-refractivity contribution in [3.05, 3.63) is 42.0 Å². The molecule has 1 saturated heterocycles. The molecule has 0 spiro atoms. The van der Waals surface area contributed by atoms with Crippen molar-refractivity contribution < 1.29 is 4.39 Å². The van der Waals surface area contributed by atoms with Crippen LogP contribution >= 0.6 is 0 Å². The number of benzene rings is 1. The minimum Gasteiger partial charge on any atom is -0.369 e. The summed E-state index contributed by atoms with van der Waals surface area (Å²) in [6, 6.07) is 6.80. The van der Waals surface area contributed by atoms with Gasteiger partial charge in [-0.2, -0.15) is 0 Å². The second-order valence-electron chi connectivity index (χ2n) is 6.57. The minimum absolute atomic E-state index is 0.256. The Hall–Kier alpha value is -2.01. The predicted molar refractivity (Wildman–Crippen MR) is 88.8 cm³/mol. The molecule has 1 saturated carbocycles. The summed E-state index contributed by atoms with van der Waals surface area (Å²) in [6.45, 7) is 1.92. The predicted octanol–water partition coefficient (Wildman–Crippen LogP) is 3.09. The number of anilines is 1. The van der Waals surface area contributed by atoms with Crippen molar-refractivity contribution in [2.24, 2.45) is 5.73 Å². The second kappa shape index (κ2) is 5.89. The van der Waals surface area contributed by atoms with E-state index in [4.69, 9.17) is 10.7 Å². The van der Waals surface area contributed by atoms with Crippen molar-refractivity contribution in [1.29, 1.82) is 0 Å². The molecule has 0 unspecified atom stereocenters. The van der Waals surface area contributed by atoms with E-state index in [9.17, 15) is 4.39 Å². The van der Waals surface area contributed by atoms with E-state index >= 15 is 0 Å². The van der Waals surface area contributed by atoms with Gasteiger partial charge in [-0.05, 0) is 37.8 Å². The van der Waals surface area contributed by atoms with Crippen LogP contribution in [0, 0.1) is 5.82 Å². The molecule has 0 bridgehead atoms. The van der Waals surface area contributed by atoms with Crippen molar-refractivity contribution in [2.75, 3.05) is 18.0 Å². The van der Waals surface area contributed by atoms with Gasteiger partial charge in [0.25, 0.3) is 0 Å². The Morgan fingerprint density at radius 2 is 1.91 bits per heavy atom. The van der Waals surface area contributed by atoms with E-state index in [2.05, 4.69) is 9.88 Å². The molecule has 0 amide bonds. The van der Waals surface area contributed by atoms with Gasteiger partial charge < -0.3 is 10.6 Å². The number of hydrogen-bond donors (Lipinski definition) is 1. The lowest BCUT2D eigenvalue weighted by molar-refractivity contribution is 0.499. The lowest BCUT2D eigenvalue weighted by Gasteiger charge is -2.32. The molecule has 0 atom stereocenters. The molecule has 2 aromatic rings. The fourth-order valence-corrected chi connectivity index (χ4v) is 3.20. The molecule has 2 aliphatic rings. The third-order valence-corrected chi connectivity index (χ3v) is 4.73. The molecular weight excluding hydrogens is 291 g/mol. The second-order valence-corrected chi connectivity index (χ2v) is 6.57. The largest absolute Gasteiger partial charge is 0.369 e. The van der Waals surface area contributed by atoms with Crippen LogP contribution in [-0.4, -0.2) is 29.1 Å². The summed E-state index contributed by atoms with van der Waals surface area (Å²) < 4.78 is 13.5. The van der Waals surface area contributed by atoms with Crippen molar-refractivity contribution in [3.8, 4) is 11.4 Å². The van der Waals surface area contributed by atoms with E-state index in [1.54, 1.807) is 6.07 Å². The lowest BCUT2D eigenvalue weighted by Crippen LogP contribution is -2.40. The molecule has 1 aliphatic carbocycles. The van der Waals surface area contributed by atoms with E-state index < -0.39 is 0 Å². The van der Waals surface area contributed by atoms with Crippen molar-refractivity contribution >= 4 is 5.69 Å². The van der Waals surface area contributed by atoms with Gasteiger partial charge in [0.15, 0.2) is 5.82 Å². The molecule has 1 aromatic heterocycles. The van der Waals surface area contributed by atoms with Crippen LogP contribution in [0.2, 0.25) is 0 Å². The quantitative estimate of drug-likeness (QED) is 0.946. The Morgan fingerprint density at radius 3 is 2.61 bits per heavy atom. The summed E-state index contributed by atoms with van der Waals surface area (Å²) in [5.74, 6) is 0.882. The van der Waals surface area contributed by atoms with Crippen molar-refractivity contribution in [1.82, 2.24) is 9.97 Å². The summed E-state index contributed by atoms with van der Waals surface area (Å²) in [7, 11) is 0. The first kappa shape index (κ1) is 14.6. The smallest absolute Gasteiger partial charge is 0.159 e. The van der Waals surface area contributed by atoms with Crippen LogP contribution in [0.3, 0.4) is 0 Å². The normalized spacial score (nSPS) is 19.1. The highest BCUT2D eigenvalue weighted by molar-refractivity contribution is 5.60. The van der Waals surface area contributed by atoms with Gasteiger partial charge in [-0.15, -0.1) is 0 Å². The molecule has 120 valence electrons. The maximum atomic E-state index is 13.5. The Balaban J connectivity index is 1.68. The zero-order valence-electron chi connectivity index (χ0n) is 13.1. The molecule has 2 N–H and O–H groups in total. The van der Waals surface area contributed by atoms with Crippen LogP contribution in [0.5, 0.6) is 0 Å². The van der Waals surface area contributed by atoms with Gasteiger partial charge >= 0.3 is 0 Å². The molecule has 5 heteroatoms. The van der Waals surface area contributed by atoms with Gasteiger partial charge in [0, 0.05) is 30.6 Å². The van der Waals surface area contributed by atoms with Crippen LogP contribution in [0.1, 0.15) is 37.3 Å². The Labute approximate surface area is 135 Å². The fraction of sp³-hybridized carbons (Fsp3) is 0.444. The van der Waals surface area contributed by atoms with E-state index in [-0.39, 0.29) is 5.82 Å². The van der Waals surface area contributed by atoms with Crippen molar-refractivity contribution in [3.63, 3.8) is 0 Å². The number of aromatic nitrogens is 2. The Kier molecular flexibility index (Phi) is 3.73. The third-order valence-electron chi connectivity index (χ3n) is 4.73. The van der Waals surface area contributed by atoms with Crippen LogP contribution in [-0.2, 0) is 0 Å². The average Bonchev–Trinajstić information content (AvgIpc) is 3.40. The van der Waals surface area contributed by atoms with Crippen LogP contribution in [0.4, 0.5) is 10.1 Å². The molecule has 0 radical (unpaired) electrons. The summed E-state index contributed by atoms with van der Waals surface area (Å²) in [4.78, 5) is 11.6. The van der Waals surface area contributed by atoms with Gasteiger partial charge in [0.05, 0.1) is 17.6 Å². The third kappa shape index (κ3) is 3.06. The first-order valence-corrected chi connectivity index (χ1v) is 8.34. The fourth-order valence-electron chi connectivity index (χ4n) is 3.20. The molecule has 1 aliphatic heterocycles. The topological polar surface area (TPSA) is 55.0 Å². The SMILES string of the molecule is NC1CCN(c2cnc(-c3cccc(F)c3)nc2C2CC2)CC1. The zero-order chi connectivity index (χ0) is 15.8. The lowest BCUT2D eigenvalue weighted by atomic mass is 10.0. The van der Waals surface area contributed by atoms with E-state index in [1.165, 1.54) is 25.0 Å². The number of hydrogen-bond acceptors (Lipinski definition) is 4. The number of nitrogens with zero attached hydrogens (tertiary/aromatic N) is 3. The molecular formula is C18H21FN4. The van der Waals surface area contributed by atoms with E-state index in [0.29, 0.717) is 17.8 Å². The first-order valence-electron chi connectivity index (χ1n) is 8.34. The maximum absolute atomic E-state index is 13.5. The number of rotatable bonds is 3. The molecule has 23 heavy (non-hydrogen) atoms. The van der Waals surface area contributed by atoms with Gasteiger partial charge in [-0.25, -0.2) is 14.4 Å². The first-order chi connectivity index (χ1) is 11.2. The molecule has 2 fully saturated rings. The van der Waals surface area contributed by atoms with Gasteiger partial charge in [-0.1, -0.05) is 12.1 Å². The molecule has 1 aromatic carbocycles. The van der Waals surface area contributed by atoms with Gasteiger partial charge in [0.2, 0.25) is 0 Å². The van der Waals surface area contributed by atoms with Gasteiger partial charge in [0.1, 0.15) is 5.82 Å². The summed E-state index contributed by atoms with van der Waals surface area (Å²) >= 11 is 0. The van der Waals surface area contributed by atoms with Crippen LogP contribution in [0.15, 0.2) is 30.5 Å². The number of nitrogens with two attached hydrogens (primary N) is 1. The maximum Gasteiger partial charge on any atom is 0.159 e. The van der Waals surface area contributed by atoms with E-state index in [0.717, 1.165) is 42.9 Å². The monoisotopic (exact) mass is 312 g/mol. The summed E-state index contributed by atoms with van der Waals surface area (Å²) in [5, 5.41) is 0. The minimum atomic E-state index is -0.256. The van der Waals surface area contributed by atoms with Crippen molar-refractivity contribution in [2.45, 2.75) is 37.6 Å². The van der Waals surface area contributed by atoms with Gasteiger partial charge in [-0.3, -0.25) is 0 Å². The molecule has 4 nitrogen and oxygen atoms in total. The highest BCUT2D eigenvalue weighted by Crippen LogP contribution is 2.44. The average molecular weight is 312 g/mol. The number of piperidine rings is 1. The van der Waals surface area contributed by atoms with Crippen LogP contribution in [0.25, 0.3) is 11.4 Å². The Bertz CT molecular complexity index is 706. The molecule has 2 heterocycles. The highest BCUT2D eigenvalue weighted by atomic mass is 19.1. The standard InChI is InChI=1S/C18H21FN4/c19-14-3-1-2-13(10-14)18-21-11-16(17(22-18)12-4-5-12)23-8-6-15(20)7-9-23/h1-3,10-12,15H,4-9,20H2. The van der Waals surface area contributed by atoms with Crippen LogP contribution < -0.4 is 10.6 Å².